The fourth-order valence-electron chi connectivity index (χ4n) is 2.93. The number of rotatable bonds is 5. The fourth-order valence-corrected chi connectivity index (χ4v) is 4.33. The van der Waals surface area contributed by atoms with E-state index in [0.717, 1.165) is 25.7 Å². The number of H-pyrrole nitrogens is 1. The average Bonchev–Trinajstić information content (AvgIpc) is 2.76. The summed E-state index contributed by atoms with van der Waals surface area (Å²) in [5.74, 6) is 0. The third-order valence-electron chi connectivity index (χ3n) is 3.84. The molecule has 1 heterocycles. The van der Waals surface area contributed by atoms with E-state index in [-0.39, 0.29) is 16.5 Å². The Balaban J connectivity index is 2.13. The van der Waals surface area contributed by atoms with Gasteiger partial charge in [0, 0.05) is 18.2 Å². The van der Waals surface area contributed by atoms with Crippen LogP contribution in [0.1, 0.15) is 45.1 Å². The highest BCUT2D eigenvalue weighted by atomic mass is 32.2. The maximum atomic E-state index is 12.5. The zero-order chi connectivity index (χ0) is 14.8. The summed E-state index contributed by atoms with van der Waals surface area (Å²) in [5.41, 5.74) is 0.864. The molecule has 0 aromatic carbocycles. The van der Waals surface area contributed by atoms with Gasteiger partial charge in [0.25, 0.3) is 10.0 Å². The van der Waals surface area contributed by atoms with Gasteiger partial charge in [0.05, 0.1) is 6.20 Å². The highest BCUT2D eigenvalue weighted by Crippen LogP contribution is 2.35. The predicted octanol–water partition coefficient (Wildman–Crippen LogP) is 1.38. The number of nitrogens with one attached hydrogen (secondary N) is 3. The molecule has 20 heavy (non-hydrogen) atoms. The first-order valence-corrected chi connectivity index (χ1v) is 8.51. The Kier molecular flexibility index (Phi) is 4.51. The maximum Gasteiger partial charge on any atom is 0.258 e. The minimum atomic E-state index is -3.53. The van der Waals surface area contributed by atoms with E-state index in [0.29, 0.717) is 12.1 Å². The van der Waals surface area contributed by atoms with Gasteiger partial charge in [0.2, 0.25) is 0 Å². The molecule has 3 N–H and O–H groups in total. The van der Waals surface area contributed by atoms with Crippen LogP contribution in [0, 0.1) is 5.41 Å². The SMILES string of the molecule is CNCc1cn[nH]c1S(=O)(=O)NC1CCCC(C)(C)C1. The number of sulfonamides is 1. The zero-order valence-electron chi connectivity index (χ0n) is 12.4. The maximum absolute atomic E-state index is 12.5. The highest BCUT2D eigenvalue weighted by molar-refractivity contribution is 7.89. The monoisotopic (exact) mass is 300 g/mol. The molecule has 2 rings (SSSR count). The molecule has 1 fully saturated rings. The van der Waals surface area contributed by atoms with Crippen molar-refractivity contribution in [3.63, 3.8) is 0 Å². The van der Waals surface area contributed by atoms with E-state index in [1.54, 1.807) is 13.2 Å². The summed E-state index contributed by atoms with van der Waals surface area (Å²) < 4.78 is 27.7. The molecule has 1 saturated carbocycles. The molecule has 0 aliphatic heterocycles. The standard InChI is InChI=1S/C13H24N4O2S/c1-13(2)6-4-5-11(7-13)17-20(18,19)12-10(8-14-3)9-15-16-12/h9,11,14,17H,4-8H2,1-3H3,(H,15,16). The molecule has 114 valence electrons. The zero-order valence-corrected chi connectivity index (χ0v) is 13.2. The number of hydrogen-bond acceptors (Lipinski definition) is 4. The van der Waals surface area contributed by atoms with Crippen molar-refractivity contribution in [1.82, 2.24) is 20.2 Å². The van der Waals surface area contributed by atoms with Crippen LogP contribution in [0.2, 0.25) is 0 Å². The lowest BCUT2D eigenvalue weighted by Gasteiger charge is -2.35. The van der Waals surface area contributed by atoms with E-state index in [9.17, 15) is 8.42 Å². The summed E-state index contributed by atoms with van der Waals surface area (Å²) >= 11 is 0. The largest absolute Gasteiger partial charge is 0.316 e. The first-order valence-electron chi connectivity index (χ1n) is 7.03. The van der Waals surface area contributed by atoms with Gasteiger partial charge in [0.1, 0.15) is 0 Å². The van der Waals surface area contributed by atoms with Crippen LogP contribution >= 0.6 is 0 Å². The minimum absolute atomic E-state index is 0.00878. The summed E-state index contributed by atoms with van der Waals surface area (Å²) in [5, 5.41) is 9.57. The fraction of sp³-hybridized carbons (Fsp3) is 0.769. The first kappa shape index (κ1) is 15.5. The number of nitrogens with zero attached hydrogens (tertiary/aromatic N) is 1. The van der Waals surface area contributed by atoms with E-state index < -0.39 is 10.0 Å². The lowest BCUT2D eigenvalue weighted by molar-refractivity contribution is 0.212. The lowest BCUT2D eigenvalue weighted by atomic mass is 9.75. The molecule has 0 bridgehead atoms. The van der Waals surface area contributed by atoms with Crippen LogP contribution in [-0.2, 0) is 16.6 Å². The molecule has 6 nitrogen and oxygen atoms in total. The summed E-state index contributed by atoms with van der Waals surface area (Å²) in [6, 6.07) is 0.00878. The second-order valence-corrected chi connectivity index (χ2v) is 7.98. The second-order valence-electron chi connectivity index (χ2n) is 6.33. The highest BCUT2D eigenvalue weighted by Gasteiger charge is 2.32. The van der Waals surface area contributed by atoms with Crippen LogP contribution in [0.4, 0.5) is 0 Å². The van der Waals surface area contributed by atoms with Crippen LogP contribution < -0.4 is 10.0 Å². The van der Waals surface area contributed by atoms with Crippen molar-refractivity contribution in [2.45, 2.75) is 57.1 Å². The molecule has 0 amide bonds. The van der Waals surface area contributed by atoms with Crippen LogP contribution in [0.15, 0.2) is 11.2 Å². The van der Waals surface area contributed by atoms with Crippen molar-refractivity contribution < 1.29 is 8.42 Å². The number of hydrogen-bond donors (Lipinski definition) is 3. The summed E-state index contributed by atoms with van der Waals surface area (Å²) in [4.78, 5) is 0. The van der Waals surface area contributed by atoms with Crippen LogP contribution in [0.25, 0.3) is 0 Å². The van der Waals surface area contributed by atoms with E-state index >= 15 is 0 Å². The van der Waals surface area contributed by atoms with Crippen molar-refractivity contribution in [3.05, 3.63) is 11.8 Å². The van der Waals surface area contributed by atoms with E-state index in [4.69, 9.17) is 0 Å². The van der Waals surface area contributed by atoms with Crippen molar-refractivity contribution in [1.29, 1.82) is 0 Å². The van der Waals surface area contributed by atoms with Gasteiger partial charge >= 0.3 is 0 Å². The van der Waals surface area contributed by atoms with Gasteiger partial charge in [-0.15, -0.1) is 0 Å². The predicted molar refractivity (Wildman–Crippen MR) is 77.7 cm³/mol. The summed E-state index contributed by atoms with van der Waals surface area (Å²) in [7, 11) is -1.75. The second kappa shape index (κ2) is 5.83. The Morgan fingerprint density at radius 2 is 2.25 bits per heavy atom. The van der Waals surface area contributed by atoms with Gasteiger partial charge in [-0.2, -0.15) is 5.10 Å². The van der Waals surface area contributed by atoms with E-state index in [2.05, 4.69) is 34.1 Å². The minimum Gasteiger partial charge on any atom is -0.316 e. The lowest BCUT2D eigenvalue weighted by Crippen LogP contribution is -2.41. The van der Waals surface area contributed by atoms with Crippen molar-refractivity contribution in [3.8, 4) is 0 Å². The molecule has 0 radical (unpaired) electrons. The molecule has 7 heteroatoms. The molecule has 0 saturated heterocycles. The van der Waals surface area contributed by atoms with E-state index in [1.165, 1.54) is 0 Å². The molecular formula is C13H24N4O2S. The van der Waals surface area contributed by atoms with Crippen molar-refractivity contribution >= 4 is 10.0 Å². The molecule has 1 atom stereocenters. The Bertz CT molecular complexity index is 550. The van der Waals surface area contributed by atoms with Crippen LogP contribution in [0.3, 0.4) is 0 Å². The smallest absolute Gasteiger partial charge is 0.258 e. The Hall–Kier alpha value is -0.920. The third-order valence-corrected chi connectivity index (χ3v) is 5.38. The molecule has 1 aromatic heterocycles. The topological polar surface area (TPSA) is 86.9 Å². The van der Waals surface area contributed by atoms with Gasteiger partial charge < -0.3 is 5.32 Å². The summed E-state index contributed by atoms with van der Waals surface area (Å²) in [6.07, 6.45) is 5.54. The summed E-state index contributed by atoms with van der Waals surface area (Å²) in [6.45, 7) is 4.86. The molecule has 1 aliphatic rings. The number of aromatic nitrogens is 2. The Morgan fingerprint density at radius 1 is 1.50 bits per heavy atom. The normalized spacial score (nSPS) is 22.9. The van der Waals surface area contributed by atoms with Gasteiger partial charge in [-0.05, 0) is 31.7 Å². The molecule has 0 spiro atoms. The van der Waals surface area contributed by atoms with Crippen LogP contribution in [0.5, 0.6) is 0 Å². The Labute approximate surface area is 120 Å². The molecule has 1 aromatic rings. The van der Waals surface area contributed by atoms with Gasteiger partial charge in [-0.25, -0.2) is 13.1 Å². The van der Waals surface area contributed by atoms with Gasteiger partial charge in [0.15, 0.2) is 5.03 Å². The number of aromatic amines is 1. The average molecular weight is 300 g/mol. The van der Waals surface area contributed by atoms with Crippen LogP contribution in [-0.4, -0.2) is 31.7 Å². The van der Waals surface area contributed by atoms with E-state index in [1.807, 2.05) is 0 Å². The van der Waals surface area contributed by atoms with Gasteiger partial charge in [-0.1, -0.05) is 20.3 Å². The third kappa shape index (κ3) is 3.59. The van der Waals surface area contributed by atoms with Crippen molar-refractivity contribution in [2.75, 3.05) is 7.05 Å². The Morgan fingerprint density at radius 3 is 2.90 bits per heavy atom. The molecule has 1 unspecified atom stereocenters. The molecule has 1 aliphatic carbocycles. The van der Waals surface area contributed by atoms with Gasteiger partial charge in [-0.3, -0.25) is 5.10 Å². The first-order chi connectivity index (χ1) is 9.34. The molecular weight excluding hydrogens is 276 g/mol. The van der Waals surface area contributed by atoms with Crippen molar-refractivity contribution in [2.24, 2.45) is 5.41 Å². The quantitative estimate of drug-likeness (QED) is 0.766.